The van der Waals surface area contributed by atoms with E-state index in [1.807, 2.05) is 59.1 Å². The SMILES string of the molecule is Cc1cnn2c(NCc3cccnc3)cc(C3CCCN(C(=O)CCc4ccccc4)C3)nc12. The molecule has 0 bridgehead atoms. The molecule has 1 aromatic carbocycles. The summed E-state index contributed by atoms with van der Waals surface area (Å²) in [5.74, 6) is 1.35. The first kappa shape index (κ1) is 22.1. The van der Waals surface area contributed by atoms with Crippen molar-refractivity contribution in [3.63, 3.8) is 0 Å². The number of rotatable bonds is 7. The zero-order valence-electron chi connectivity index (χ0n) is 19.5. The van der Waals surface area contributed by atoms with Gasteiger partial charge in [0.25, 0.3) is 0 Å². The number of hydrogen-bond acceptors (Lipinski definition) is 5. The Morgan fingerprint density at radius 3 is 2.79 bits per heavy atom. The standard InChI is InChI=1S/C27H30N6O/c1-20-16-30-33-25(29-18-22-9-5-13-28-17-22)15-24(31-27(20)33)23-10-6-14-32(19-23)26(34)12-11-21-7-3-2-4-8-21/h2-5,7-9,13,15-17,23,29H,6,10-12,14,18-19H2,1H3. The normalized spacial score (nSPS) is 16.0. The summed E-state index contributed by atoms with van der Waals surface area (Å²) in [4.78, 5) is 24.2. The number of nitrogens with one attached hydrogen (secondary N) is 1. The predicted molar refractivity (Wildman–Crippen MR) is 133 cm³/mol. The van der Waals surface area contributed by atoms with Gasteiger partial charge in [-0.2, -0.15) is 9.61 Å². The summed E-state index contributed by atoms with van der Waals surface area (Å²) in [7, 11) is 0. The number of pyridine rings is 1. The number of carbonyl (C=O) groups excluding carboxylic acids is 1. The average Bonchev–Trinajstić information content (AvgIpc) is 3.28. The molecular weight excluding hydrogens is 424 g/mol. The second-order valence-electron chi connectivity index (χ2n) is 9.01. The van der Waals surface area contributed by atoms with Gasteiger partial charge in [0, 0.05) is 56.0 Å². The van der Waals surface area contributed by atoms with Crippen LogP contribution in [-0.2, 0) is 17.8 Å². The minimum Gasteiger partial charge on any atom is -0.366 e. The summed E-state index contributed by atoms with van der Waals surface area (Å²) in [6.45, 7) is 4.22. The average molecular weight is 455 g/mol. The molecule has 1 saturated heterocycles. The molecule has 1 amide bonds. The van der Waals surface area contributed by atoms with Crippen LogP contribution in [0, 0.1) is 6.92 Å². The van der Waals surface area contributed by atoms with Crippen LogP contribution in [0.25, 0.3) is 5.65 Å². The monoisotopic (exact) mass is 454 g/mol. The number of anilines is 1. The lowest BCUT2D eigenvalue weighted by Crippen LogP contribution is -2.39. The first-order valence-electron chi connectivity index (χ1n) is 12.0. The molecule has 7 nitrogen and oxygen atoms in total. The Morgan fingerprint density at radius 2 is 1.97 bits per heavy atom. The Kier molecular flexibility index (Phi) is 6.51. The van der Waals surface area contributed by atoms with Gasteiger partial charge < -0.3 is 10.2 Å². The molecule has 0 saturated carbocycles. The van der Waals surface area contributed by atoms with Crippen LogP contribution in [0.15, 0.2) is 67.1 Å². The highest BCUT2D eigenvalue weighted by atomic mass is 16.2. The summed E-state index contributed by atoms with van der Waals surface area (Å²) in [5.41, 5.74) is 5.23. The van der Waals surface area contributed by atoms with Crippen molar-refractivity contribution in [1.29, 1.82) is 0 Å². The molecule has 174 valence electrons. The molecule has 1 aliphatic rings. The molecule has 4 aromatic rings. The van der Waals surface area contributed by atoms with Gasteiger partial charge in [-0.15, -0.1) is 0 Å². The Labute approximate surface area is 199 Å². The Bertz CT molecular complexity index is 1250. The first-order valence-corrected chi connectivity index (χ1v) is 12.0. The molecule has 1 N–H and O–H groups in total. The van der Waals surface area contributed by atoms with Crippen LogP contribution in [0.1, 0.15) is 47.6 Å². The molecule has 0 aliphatic carbocycles. The van der Waals surface area contributed by atoms with Gasteiger partial charge >= 0.3 is 0 Å². The summed E-state index contributed by atoms with van der Waals surface area (Å²) < 4.78 is 1.86. The summed E-state index contributed by atoms with van der Waals surface area (Å²) in [6, 6.07) is 16.3. The lowest BCUT2D eigenvalue weighted by atomic mass is 9.94. The van der Waals surface area contributed by atoms with Crippen LogP contribution >= 0.6 is 0 Å². The minimum absolute atomic E-state index is 0.215. The number of aromatic nitrogens is 4. The molecule has 1 aliphatic heterocycles. The number of aryl methyl sites for hydroxylation is 2. The van der Waals surface area contributed by atoms with Crippen molar-refractivity contribution in [2.45, 2.75) is 45.1 Å². The summed E-state index contributed by atoms with van der Waals surface area (Å²) in [6.07, 6.45) is 8.83. The number of fused-ring (bicyclic) bond motifs is 1. The molecule has 5 rings (SSSR count). The topological polar surface area (TPSA) is 75.4 Å². The number of hydrogen-bond donors (Lipinski definition) is 1. The molecule has 1 unspecified atom stereocenters. The van der Waals surface area contributed by atoms with Crippen molar-refractivity contribution in [3.8, 4) is 0 Å². The maximum Gasteiger partial charge on any atom is 0.222 e. The third-order valence-corrected chi connectivity index (χ3v) is 6.53. The molecule has 0 spiro atoms. The van der Waals surface area contributed by atoms with Gasteiger partial charge in [-0.25, -0.2) is 4.98 Å². The van der Waals surface area contributed by atoms with E-state index in [-0.39, 0.29) is 11.8 Å². The largest absolute Gasteiger partial charge is 0.366 e. The first-order chi connectivity index (χ1) is 16.7. The smallest absolute Gasteiger partial charge is 0.222 e. The molecule has 1 atom stereocenters. The van der Waals surface area contributed by atoms with Crippen molar-refractivity contribution < 1.29 is 4.79 Å². The maximum atomic E-state index is 13.0. The van der Waals surface area contributed by atoms with E-state index in [9.17, 15) is 4.79 Å². The fraction of sp³-hybridized carbons (Fsp3) is 0.333. The molecule has 1 fully saturated rings. The van der Waals surface area contributed by atoms with Crippen molar-refractivity contribution in [1.82, 2.24) is 24.5 Å². The van der Waals surface area contributed by atoms with Gasteiger partial charge in [0.15, 0.2) is 5.65 Å². The van der Waals surface area contributed by atoms with E-state index in [4.69, 9.17) is 4.98 Å². The lowest BCUT2D eigenvalue weighted by Gasteiger charge is -2.33. The Hall–Kier alpha value is -3.74. The van der Waals surface area contributed by atoms with E-state index in [1.165, 1.54) is 5.56 Å². The predicted octanol–water partition coefficient (Wildman–Crippen LogP) is 4.38. The van der Waals surface area contributed by atoms with Gasteiger partial charge in [-0.3, -0.25) is 9.78 Å². The number of nitrogens with zero attached hydrogens (tertiary/aromatic N) is 5. The third-order valence-electron chi connectivity index (χ3n) is 6.53. The van der Waals surface area contributed by atoms with Crippen LogP contribution in [-0.4, -0.2) is 43.5 Å². The fourth-order valence-electron chi connectivity index (χ4n) is 4.62. The van der Waals surface area contributed by atoms with Gasteiger partial charge in [0.1, 0.15) is 5.82 Å². The van der Waals surface area contributed by atoms with Crippen molar-refractivity contribution in [3.05, 3.63) is 89.5 Å². The van der Waals surface area contributed by atoms with Gasteiger partial charge in [0.05, 0.1) is 11.9 Å². The molecular formula is C27H30N6O. The summed E-state index contributed by atoms with van der Waals surface area (Å²) in [5, 5.41) is 8.03. The highest BCUT2D eigenvalue weighted by molar-refractivity contribution is 5.76. The van der Waals surface area contributed by atoms with Crippen LogP contribution in [0.3, 0.4) is 0 Å². The van der Waals surface area contributed by atoms with E-state index in [0.717, 1.165) is 54.1 Å². The highest BCUT2D eigenvalue weighted by Gasteiger charge is 2.26. The second kappa shape index (κ2) is 10.0. The van der Waals surface area contributed by atoms with Gasteiger partial charge in [0.2, 0.25) is 5.91 Å². The second-order valence-corrected chi connectivity index (χ2v) is 9.01. The molecule has 0 radical (unpaired) electrons. The van der Waals surface area contributed by atoms with Gasteiger partial charge in [-0.1, -0.05) is 36.4 Å². The number of carbonyl (C=O) groups is 1. The van der Waals surface area contributed by atoms with Crippen molar-refractivity contribution in [2.75, 3.05) is 18.4 Å². The fourth-order valence-corrected chi connectivity index (χ4v) is 4.62. The van der Waals surface area contributed by atoms with E-state index in [0.29, 0.717) is 19.5 Å². The molecule has 4 heterocycles. The minimum atomic E-state index is 0.215. The zero-order chi connectivity index (χ0) is 23.3. The van der Waals surface area contributed by atoms with Crippen LogP contribution in [0.4, 0.5) is 5.82 Å². The molecule has 34 heavy (non-hydrogen) atoms. The van der Waals surface area contributed by atoms with E-state index in [1.54, 1.807) is 6.20 Å². The molecule has 7 heteroatoms. The third kappa shape index (κ3) is 4.93. The zero-order valence-corrected chi connectivity index (χ0v) is 19.5. The Morgan fingerprint density at radius 1 is 1.12 bits per heavy atom. The van der Waals surface area contributed by atoms with Crippen LogP contribution in [0.2, 0.25) is 0 Å². The van der Waals surface area contributed by atoms with E-state index in [2.05, 4.69) is 33.6 Å². The molecule has 3 aromatic heterocycles. The number of amides is 1. The number of benzene rings is 1. The quantitative estimate of drug-likeness (QED) is 0.448. The number of piperidine rings is 1. The van der Waals surface area contributed by atoms with Crippen LogP contribution < -0.4 is 5.32 Å². The van der Waals surface area contributed by atoms with Crippen molar-refractivity contribution >= 4 is 17.4 Å². The highest BCUT2D eigenvalue weighted by Crippen LogP contribution is 2.29. The number of likely N-dealkylation sites (tertiary alicyclic amines) is 1. The van der Waals surface area contributed by atoms with Crippen molar-refractivity contribution in [2.24, 2.45) is 0 Å². The Balaban J connectivity index is 1.32. The maximum absolute atomic E-state index is 13.0. The van der Waals surface area contributed by atoms with E-state index < -0.39 is 0 Å². The lowest BCUT2D eigenvalue weighted by molar-refractivity contribution is -0.132. The van der Waals surface area contributed by atoms with Crippen LogP contribution in [0.5, 0.6) is 0 Å². The summed E-state index contributed by atoms with van der Waals surface area (Å²) >= 11 is 0. The van der Waals surface area contributed by atoms with Gasteiger partial charge in [-0.05, 0) is 43.4 Å². The van der Waals surface area contributed by atoms with E-state index >= 15 is 0 Å².